The number of amides is 1. The van der Waals surface area contributed by atoms with Crippen LogP contribution in [0.1, 0.15) is 6.42 Å². The molecule has 3 heterocycles. The second-order valence-corrected chi connectivity index (χ2v) is 10.4. The van der Waals surface area contributed by atoms with Crippen molar-refractivity contribution in [2.24, 2.45) is 0 Å². The van der Waals surface area contributed by atoms with Crippen LogP contribution in [-0.4, -0.2) is 62.7 Å². The number of aromatic nitrogens is 1. The molecule has 3 aromatic rings. The molecule has 0 aliphatic carbocycles. The zero-order chi connectivity index (χ0) is 25.4. The summed E-state index contributed by atoms with van der Waals surface area (Å²) in [6, 6.07) is 10.4. The molecule has 2 aromatic carbocycles. The second kappa shape index (κ2) is 9.69. The first-order valence-electron chi connectivity index (χ1n) is 11.0. The van der Waals surface area contributed by atoms with Crippen LogP contribution in [0.4, 0.5) is 15.9 Å². The highest BCUT2D eigenvalue weighted by molar-refractivity contribution is 7.90. The molecule has 1 amide bonds. The minimum atomic E-state index is -3.93. The van der Waals surface area contributed by atoms with Crippen molar-refractivity contribution in [2.45, 2.75) is 18.6 Å². The Morgan fingerprint density at radius 1 is 1.25 bits per heavy atom. The van der Waals surface area contributed by atoms with Crippen molar-refractivity contribution in [3.05, 3.63) is 59.6 Å². The van der Waals surface area contributed by atoms with Crippen LogP contribution >= 0.6 is 11.6 Å². The summed E-state index contributed by atoms with van der Waals surface area (Å²) in [6.07, 6.45) is 0.879. The maximum Gasteiger partial charge on any atom is 0.302 e. The van der Waals surface area contributed by atoms with Gasteiger partial charge < -0.3 is 18.9 Å². The van der Waals surface area contributed by atoms with Crippen molar-refractivity contribution in [1.82, 2.24) is 9.46 Å². The van der Waals surface area contributed by atoms with Crippen molar-refractivity contribution in [3.8, 4) is 16.9 Å². The molecule has 2 aliphatic rings. The molecule has 1 N–H and O–H groups in total. The van der Waals surface area contributed by atoms with Gasteiger partial charge in [-0.2, -0.15) is 12.7 Å². The molecule has 2 unspecified atom stereocenters. The first-order chi connectivity index (χ1) is 17.3. The van der Waals surface area contributed by atoms with Crippen molar-refractivity contribution in [1.29, 1.82) is 0 Å². The smallest absolute Gasteiger partial charge is 0.302 e. The van der Waals surface area contributed by atoms with Crippen molar-refractivity contribution in [2.75, 3.05) is 36.4 Å². The summed E-state index contributed by atoms with van der Waals surface area (Å²) in [6.45, 7) is -0.188. The molecule has 10 nitrogen and oxygen atoms in total. The first kappa shape index (κ1) is 24.5. The maximum absolute atomic E-state index is 15.3. The zero-order valence-corrected chi connectivity index (χ0v) is 20.6. The number of nitrogens with one attached hydrogen (secondary N) is 1. The molecule has 36 heavy (non-hydrogen) atoms. The van der Waals surface area contributed by atoms with Crippen LogP contribution in [0.15, 0.2) is 53.3 Å². The Labute approximate surface area is 211 Å². The van der Waals surface area contributed by atoms with E-state index in [4.69, 9.17) is 21.1 Å². The SMILES string of the molecule is COc1cc(-c2cccc(Cl)c2)c(F)cc1N1C(=O)COC2CN(S(=O)(=O)Nc3ccon3)CCC21. The minimum Gasteiger partial charge on any atom is -0.495 e. The molecule has 5 rings (SSSR count). The van der Waals surface area contributed by atoms with Gasteiger partial charge in [0.1, 0.15) is 24.4 Å². The highest BCUT2D eigenvalue weighted by Gasteiger charge is 2.44. The lowest BCUT2D eigenvalue weighted by molar-refractivity contribution is -0.134. The molecule has 0 saturated carbocycles. The van der Waals surface area contributed by atoms with E-state index in [1.54, 1.807) is 24.3 Å². The number of anilines is 2. The van der Waals surface area contributed by atoms with Gasteiger partial charge in [0.15, 0.2) is 5.82 Å². The average Bonchev–Trinajstić information content (AvgIpc) is 3.36. The number of methoxy groups -OCH3 is 1. The molecule has 190 valence electrons. The summed E-state index contributed by atoms with van der Waals surface area (Å²) in [4.78, 5) is 14.4. The highest BCUT2D eigenvalue weighted by atomic mass is 35.5. The third kappa shape index (κ3) is 4.64. The lowest BCUT2D eigenvalue weighted by Gasteiger charge is -2.46. The number of fused-ring (bicyclic) bond motifs is 1. The van der Waals surface area contributed by atoms with Gasteiger partial charge in [0.05, 0.1) is 24.9 Å². The van der Waals surface area contributed by atoms with E-state index in [1.807, 2.05) is 0 Å². The Kier molecular flexibility index (Phi) is 6.60. The summed E-state index contributed by atoms with van der Waals surface area (Å²) in [7, 11) is -2.49. The fourth-order valence-electron chi connectivity index (χ4n) is 4.53. The molecule has 2 atom stereocenters. The number of hydrogen-bond donors (Lipinski definition) is 1. The number of benzene rings is 2. The number of ether oxygens (including phenoxy) is 2. The zero-order valence-electron chi connectivity index (χ0n) is 19.1. The van der Waals surface area contributed by atoms with E-state index in [9.17, 15) is 13.2 Å². The topological polar surface area (TPSA) is 114 Å². The lowest BCUT2D eigenvalue weighted by Crippen LogP contribution is -2.62. The number of halogens is 2. The number of hydrogen-bond acceptors (Lipinski definition) is 7. The summed E-state index contributed by atoms with van der Waals surface area (Å²) in [5, 5.41) is 4.03. The van der Waals surface area contributed by atoms with E-state index in [1.165, 1.54) is 40.8 Å². The molecule has 13 heteroatoms. The third-order valence-corrected chi connectivity index (χ3v) is 7.90. The largest absolute Gasteiger partial charge is 0.495 e. The molecular formula is C23H22ClFN4O6S. The van der Waals surface area contributed by atoms with Gasteiger partial charge in [-0.3, -0.25) is 9.52 Å². The van der Waals surface area contributed by atoms with Gasteiger partial charge in [0.25, 0.3) is 5.91 Å². The average molecular weight is 537 g/mol. The minimum absolute atomic E-state index is 0.00692. The van der Waals surface area contributed by atoms with Gasteiger partial charge in [-0.25, -0.2) is 4.39 Å². The number of carbonyl (C=O) groups is 1. The molecule has 0 bridgehead atoms. The number of rotatable bonds is 6. The molecule has 2 saturated heterocycles. The van der Waals surface area contributed by atoms with Crippen LogP contribution in [0.2, 0.25) is 5.02 Å². The van der Waals surface area contributed by atoms with E-state index in [-0.39, 0.29) is 49.1 Å². The summed E-state index contributed by atoms with van der Waals surface area (Å²) in [5.41, 5.74) is 1.09. The predicted molar refractivity (Wildman–Crippen MR) is 130 cm³/mol. The Balaban J connectivity index is 1.43. The van der Waals surface area contributed by atoms with Crippen LogP contribution in [-0.2, 0) is 19.7 Å². The van der Waals surface area contributed by atoms with Crippen LogP contribution in [0.25, 0.3) is 11.1 Å². The molecule has 2 aliphatic heterocycles. The monoisotopic (exact) mass is 536 g/mol. The summed E-state index contributed by atoms with van der Waals surface area (Å²) in [5.74, 6) is -0.580. The van der Waals surface area contributed by atoms with Gasteiger partial charge >= 0.3 is 10.2 Å². The normalized spacial score (nSPS) is 20.8. The number of nitrogens with zero attached hydrogens (tertiary/aromatic N) is 3. The van der Waals surface area contributed by atoms with Gasteiger partial charge in [-0.05, 0) is 30.2 Å². The van der Waals surface area contributed by atoms with Crippen molar-refractivity contribution < 1.29 is 31.6 Å². The summed E-state index contributed by atoms with van der Waals surface area (Å²) >= 11 is 6.07. The van der Waals surface area contributed by atoms with Crippen LogP contribution in [0.3, 0.4) is 0 Å². The molecular weight excluding hydrogens is 515 g/mol. The van der Waals surface area contributed by atoms with Crippen LogP contribution < -0.4 is 14.4 Å². The van der Waals surface area contributed by atoms with Gasteiger partial charge in [-0.1, -0.05) is 28.9 Å². The lowest BCUT2D eigenvalue weighted by atomic mass is 9.97. The molecule has 1 aromatic heterocycles. The van der Waals surface area contributed by atoms with E-state index in [0.717, 1.165) is 0 Å². The fourth-order valence-corrected chi connectivity index (χ4v) is 5.91. The molecule has 0 radical (unpaired) electrons. The first-order valence-corrected chi connectivity index (χ1v) is 12.8. The van der Waals surface area contributed by atoms with Gasteiger partial charge in [0.2, 0.25) is 0 Å². The number of carbonyl (C=O) groups excluding carboxylic acids is 1. The standard InChI is InChI=1S/C23H22ClFN4O6S/c1-33-20-10-16(14-3-2-4-15(24)9-14)17(25)11-19(20)29-18-5-7-28(12-21(18)34-13-23(29)30)36(31,32)27-22-6-8-35-26-22/h2-4,6,8-11,18,21H,5,7,12-13H2,1H3,(H,26,27). The van der Waals surface area contributed by atoms with E-state index in [0.29, 0.717) is 16.3 Å². The second-order valence-electron chi connectivity index (χ2n) is 8.33. The molecule has 2 fully saturated rings. The van der Waals surface area contributed by atoms with Gasteiger partial charge in [-0.15, -0.1) is 0 Å². The van der Waals surface area contributed by atoms with Crippen molar-refractivity contribution in [3.63, 3.8) is 0 Å². The predicted octanol–water partition coefficient (Wildman–Crippen LogP) is 3.31. The quantitative estimate of drug-likeness (QED) is 0.514. The Bertz CT molecular complexity index is 1390. The van der Waals surface area contributed by atoms with E-state index >= 15 is 4.39 Å². The van der Waals surface area contributed by atoms with E-state index in [2.05, 4.69) is 14.4 Å². The Morgan fingerprint density at radius 2 is 2.08 bits per heavy atom. The highest BCUT2D eigenvalue weighted by Crippen LogP contribution is 2.40. The fraction of sp³-hybridized carbons (Fsp3) is 0.304. The van der Waals surface area contributed by atoms with Crippen LogP contribution in [0, 0.1) is 5.82 Å². The van der Waals surface area contributed by atoms with Crippen LogP contribution in [0.5, 0.6) is 5.75 Å². The van der Waals surface area contributed by atoms with Crippen molar-refractivity contribution >= 4 is 39.2 Å². The summed E-state index contributed by atoms with van der Waals surface area (Å²) < 4.78 is 60.4. The Hall–Kier alpha value is -3.19. The number of piperidine rings is 1. The Morgan fingerprint density at radius 3 is 2.81 bits per heavy atom. The maximum atomic E-state index is 15.3. The molecule has 0 spiro atoms. The van der Waals surface area contributed by atoms with Gasteiger partial charge in [0, 0.05) is 35.8 Å². The third-order valence-electron chi connectivity index (χ3n) is 6.18. The van der Waals surface area contributed by atoms with E-state index < -0.39 is 28.2 Å². The number of morpholine rings is 1.